The van der Waals surface area contributed by atoms with Gasteiger partial charge in [-0.3, -0.25) is 9.59 Å². The lowest BCUT2D eigenvalue weighted by Gasteiger charge is -2.35. The van der Waals surface area contributed by atoms with Gasteiger partial charge < -0.3 is 20.1 Å². The van der Waals surface area contributed by atoms with E-state index in [0.29, 0.717) is 47.6 Å². The first-order chi connectivity index (χ1) is 16.6. The molecule has 1 aliphatic carbocycles. The molecule has 1 heterocycles. The van der Waals surface area contributed by atoms with E-state index >= 15 is 0 Å². The van der Waals surface area contributed by atoms with Gasteiger partial charge in [-0.15, -0.1) is 0 Å². The quantitative estimate of drug-likeness (QED) is 0.598. The van der Waals surface area contributed by atoms with Crippen LogP contribution in [0.2, 0.25) is 0 Å². The molecule has 9 heteroatoms. The number of alkyl halides is 3. The Kier molecular flexibility index (Phi) is 6.60. The number of anilines is 1. The van der Waals surface area contributed by atoms with Crippen molar-refractivity contribution in [2.45, 2.75) is 38.3 Å². The number of allylic oxidation sites excluding steroid dienone is 3. The lowest BCUT2D eigenvalue weighted by atomic mass is 9.74. The van der Waals surface area contributed by atoms with Gasteiger partial charge >= 0.3 is 6.18 Å². The minimum Gasteiger partial charge on any atom is -0.497 e. The Labute approximate surface area is 200 Å². The normalized spacial score (nSPS) is 18.1. The lowest BCUT2D eigenvalue weighted by molar-refractivity contribution is -0.137. The average molecular weight is 486 g/mol. The summed E-state index contributed by atoms with van der Waals surface area (Å²) in [4.78, 5) is 26.6. The molecule has 1 aliphatic heterocycles. The summed E-state index contributed by atoms with van der Waals surface area (Å²) in [6, 6.07) is 9.56. The van der Waals surface area contributed by atoms with Crippen LogP contribution < -0.4 is 20.1 Å². The number of methoxy groups -OCH3 is 2. The third kappa shape index (κ3) is 4.76. The van der Waals surface area contributed by atoms with Gasteiger partial charge in [0.2, 0.25) is 0 Å². The number of nitrogens with one attached hydrogen (secondary N) is 2. The number of amides is 1. The fraction of sp³-hybridized carbons (Fsp3) is 0.308. The van der Waals surface area contributed by atoms with Crippen LogP contribution in [0.4, 0.5) is 18.9 Å². The monoisotopic (exact) mass is 486 g/mol. The first kappa shape index (κ1) is 24.4. The molecule has 1 atom stereocenters. The molecular formula is C26H25F3N2O4. The van der Waals surface area contributed by atoms with E-state index in [0.717, 1.165) is 17.8 Å². The van der Waals surface area contributed by atoms with Crippen molar-refractivity contribution in [1.29, 1.82) is 0 Å². The van der Waals surface area contributed by atoms with Crippen LogP contribution in [0.3, 0.4) is 0 Å². The van der Waals surface area contributed by atoms with Gasteiger partial charge in [0.15, 0.2) is 5.78 Å². The number of benzene rings is 2. The van der Waals surface area contributed by atoms with Crippen molar-refractivity contribution in [1.82, 2.24) is 5.32 Å². The zero-order valence-electron chi connectivity index (χ0n) is 19.5. The van der Waals surface area contributed by atoms with E-state index < -0.39 is 23.6 Å². The second-order valence-corrected chi connectivity index (χ2v) is 8.41. The zero-order chi connectivity index (χ0) is 25.3. The first-order valence-electron chi connectivity index (χ1n) is 11.1. The minimum atomic E-state index is -4.55. The van der Waals surface area contributed by atoms with Gasteiger partial charge in [0.05, 0.1) is 25.7 Å². The van der Waals surface area contributed by atoms with E-state index in [1.54, 1.807) is 25.1 Å². The number of hydrogen-bond acceptors (Lipinski definition) is 5. The summed E-state index contributed by atoms with van der Waals surface area (Å²) in [5.41, 5.74) is 1.69. The van der Waals surface area contributed by atoms with Crippen molar-refractivity contribution in [3.8, 4) is 11.5 Å². The van der Waals surface area contributed by atoms with Gasteiger partial charge in [-0.05, 0) is 44.0 Å². The van der Waals surface area contributed by atoms with E-state index in [1.165, 1.54) is 26.4 Å². The zero-order valence-corrected chi connectivity index (χ0v) is 19.5. The SMILES string of the molecule is COc1ccc([C@@H]2C(C(=O)Nc3cccc(C(F)(F)F)c3)=C(C)NC3=C2C(=O)CCC3)c(OC)c1. The van der Waals surface area contributed by atoms with Gasteiger partial charge in [-0.2, -0.15) is 13.2 Å². The van der Waals surface area contributed by atoms with Crippen molar-refractivity contribution in [2.75, 3.05) is 19.5 Å². The van der Waals surface area contributed by atoms with Crippen LogP contribution in [0.5, 0.6) is 11.5 Å². The highest BCUT2D eigenvalue weighted by Gasteiger charge is 2.40. The van der Waals surface area contributed by atoms with E-state index in [1.807, 2.05) is 0 Å². The molecule has 6 nitrogen and oxygen atoms in total. The number of ketones is 1. The van der Waals surface area contributed by atoms with Crippen LogP contribution in [-0.4, -0.2) is 25.9 Å². The molecule has 0 fully saturated rings. The molecule has 0 aromatic heterocycles. The molecule has 2 aliphatic rings. The van der Waals surface area contributed by atoms with Gasteiger partial charge in [-0.1, -0.05) is 12.1 Å². The van der Waals surface area contributed by atoms with Gasteiger partial charge in [-0.25, -0.2) is 0 Å². The Morgan fingerprint density at radius 2 is 1.86 bits per heavy atom. The summed E-state index contributed by atoms with van der Waals surface area (Å²) in [7, 11) is 3.00. The standard InChI is InChI=1S/C26H25F3N2O4/c1-14-22(25(33)31-16-7-4-6-15(12-16)26(27,28)29)23(24-19(30-14)8-5-9-20(24)32)18-11-10-17(34-2)13-21(18)35-3/h4,6-7,10-13,23,30H,5,8-9H2,1-3H3,(H,31,33)/t23-/m1/s1. The van der Waals surface area contributed by atoms with Crippen LogP contribution in [0, 0.1) is 0 Å². The van der Waals surface area contributed by atoms with Crippen molar-refractivity contribution in [2.24, 2.45) is 0 Å². The molecule has 35 heavy (non-hydrogen) atoms. The highest BCUT2D eigenvalue weighted by Crippen LogP contribution is 2.46. The molecule has 0 bridgehead atoms. The van der Waals surface area contributed by atoms with Gasteiger partial charge in [0.1, 0.15) is 11.5 Å². The fourth-order valence-corrected chi connectivity index (χ4v) is 4.62. The van der Waals surface area contributed by atoms with Crippen LogP contribution in [0.15, 0.2) is 65.0 Å². The predicted molar refractivity (Wildman–Crippen MR) is 124 cm³/mol. The maximum absolute atomic E-state index is 13.5. The fourth-order valence-electron chi connectivity index (χ4n) is 4.62. The van der Waals surface area contributed by atoms with E-state index in [4.69, 9.17) is 9.47 Å². The summed E-state index contributed by atoms with van der Waals surface area (Å²) in [6.07, 6.45) is -2.86. The number of rotatable bonds is 5. The molecule has 0 spiro atoms. The lowest BCUT2D eigenvalue weighted by Crippen LogP contribution is -2.35. The molecule has 0 saturated carbocycles. The Morgan fingerprint density at radius 1 is 1.09 bits per heavy atom. The van der Waals surface area contributed by atoms with E-state index in [-0.39, 0.29) is 17.0 Å². The highest BCUT2D eigenvalue weighted by molar-refractivity contribution is 6.10. The third-order valence-electron chi connectivity index (χ3n) is 6.22. The predicted octanol–water partition coefficient (Wildman–Crippen LogP) is 5.33. The number of Topliss-reactive ketones (excluding diaryl/α,β-unsaturated/α-hetero) is 1. The summed E-state index contributed by atoms with van der Waals surface area (Å²) >= 11 is 0. The second-order valence-electron chi connectivity index (χ2n) is 8.41. The molecule has 2 aromatic rings. The molecule has 0 unspecified atom stereocenters. The topological polar surface area (TPSA) is 76.7 Å². The number of halogens is 3. The Morgan fingerprint density at radius 3 is 2.54 bits per heavy atom. The largest absolute Gasteiger partial charge is 0.497 e. The maximum atomic E-state index is 13.5. The van der Waals surface area contributed by atoms with Gasteiger partial charge in [0, 0.05) is 46.3 Å². The molecule has 1 amide bonds. The van der Waals surface area contributed by atoms with Gasteiger partial charge in [0.25, 0.3) is 5.91 Å². The molecular weight excluding hydrogens is 461 g/mol. The number of carbonyl (C=O) groups is 2. The number of ether oxygens (including phenoxy) is 2. The van der Waals surface area contributed by atoms with Crippen LogP contribution in [0.1, 0.15) is 43.2 Å². The number of hydrogen-bond donors (Lipinski definition) is 2. The van der Waals surface area contributed by atoms with Crippen LogP contribution >= 0.6 is 0 Å². The van der Waals surface area contributed by atoms with Crippen molar-refractivity contribution in [3.05, 3.63) is 76.1 Å². The minimum absolute atomic E-state index is 0.000295. The summed E-state index contributed by atoms with van der Waals surface area (Å²) in [5.74, 6) is -0.482. The van der Waals surface area contributed by atoms with E-state index in [2.05, 4.69) is 10.6 Å². The molecule has 0 radical (unpaired) electrons. The molecule has 2 aromatic carbocycles. The summed E-state index contributed by atoms with van der Waals surface area (Å²) in [6.45, 7) is 1.72. The summed E-state index contributed by atoms with van der Waals surface area (Å²) in [5, 5.41) is 5.78. The van der Waals surface area contributed by atoms with Crippen LogP contribution in [0.25, 0.3) is 0 Å². The van der Waals surface area contributed by atoms with Crippen LogP contribution in [-0.2, 0) is 15.8 Å². The van der Waals surface area contributed by atoms with E-state index in [9.17, 15) is 22.8 Å². The number of carbonyl (C=O) groups excluding carboxylic acids is 2. The smallest absolute Gasteiger partial charge is 0.416 e. The van der Waals surface area contributed by atoms with Crippen molar-refractivity contribution >= 4 is 17.4 Å². The Balaban J connectivity index is 1.81. The first-order valence-corrected chi connectivity index (χ1v) is 11.1. The van der Waals surface area contributed by atoms with Crippen molar-refractivity contribution < 1.29 is 32.2 Å². The molecule has 0 saturated heterocycles. The highest BCUT2D eigenvalue weighted by atomic mass is 19.4. The summed E-state index contributed by atoms with van der Waals surface area (Å²) < 4.78 is 50.4. The Hall–Kier alpha value is -3.75. The second kappa shape index (κ2) is 9.48. The molecule has 2 N–H and O–H groups in total. The average Bonchev–Trinajstić information content (AvgIpc) is 2.82. The van der Waals surface area contributed by atoms with Crippen molar-refractivity contribution in [3.63, 3.8) is 0 Å². The maximum Gasteiger partial charge on any atom is 0.416 e. The third-order valence-corrected chi connectivity index (χ3v) is 6.22. The molecule has 184 valence electrons. The molecule has 4 rings (SSSR count). The number of dihydropyridines is 1. The Bertz CT molecular complexity index is 1250.